The Labute approximate surface area is 140 Å². The molecule has 2 aromatic rings. The van der Waals surface area contributed by atoms with Gasteiger partial charge in [0.05, 0.1) is 13.7 Å². The van der Waals surface area contributed by atoms with Gasteiger partial charge in [0.1, 0.15) is 0 Å². The molecule has 0 unspecified atom stereocenters. The average Bonchev–Trinajstić information content (AvgIpc) is 2.92. The van der Waals surface area contributed by atoms with Gasteiger partial charge in [-0.1, -0.05) is 13.8 Å². The molecule has 0 aliphatic carbocycles. The quantitative estimate of drug-likeness (QED) is 0.827. The first-order valence-corrected chi connectivity index (χ1v) is 8.36. The molecule has 0 aliphatic heterocycles. The van der Waals surface area contributed by atoms with Crippen LogP contribution < -0.4 is 14.8 Å². The van der Waals surface area contributed by atoms with E-state index in [1.54, 1.807) is 31.5 Å². The number of thiazole rings is 1. The Morgan fingerprint density at radius 3 is 2.74 bits per heavy atom. The molecule has 0 bridgehead atoms. The number of anilines is 1. The third-order valence-electron chi connectivity index (χ3n) is 3.22. The van der Waals surface area contributed by atoms with E-state index in [1.807, 2.05) is 6.92 Å². The number of aromatic nitrogens is 1. The standard InChI is InChI=1S/C17H22N2O3S/c1-11(2)7-8-22-14-6-5-13(9-15(14)21-4)16(20)19-17-18-10-12(3)23-17/h5-6,9-11H,7-8H2,1-4H3,(H,18,19,20). The summed E-state index contributed by atoms with van der Waals surface area (Å²) in [5.41, 5.74) is 0.505. The molecular weight excluding hydrogens is 312 g/mol. The number of ether oxygens (including phenoxy) is 2. The van der Waals surface area contributed by atoms with Gasteiger partial charge in [-0.25, -0.2) is 4.98 Å². The number of nitrogens with one attached hydrogen (secondary N) is 1. The fourth-order valence-corrected chi connectivity index (χ4v) is 2.57. The van der Waals surface area contributed by atoms with Crippen LogP contribution in [0.2, 0.25) is 0 Å². The maximum atomic E-state index is 12.3. The summed E-state index contributed by atoms with van der Waals surface area (Å²) in [6, 6.07) is 5.17. The maximum absolute atomic E-state index is 12.3. The largest absolute Gasteiger partial charge is 0.493 e. The second kappa shape index (κ2) is 7.97. The number of carbonyl (C=O) groups excluding carboxylic acids is 1. The number of amides is 1. The maximum Gasteiger partial charge on any atom is 0.257 e. The van der Waals surface area contributed by atoms with Crippen LogP contribution in [0, 0.1) is 12.8 Å². The average molecular weight is 334 g/mol. The molecule has 1 aromatic heterocycles. The van der Waals surface area contributed by atoms with Crippen molar-refractivity contribution >= 4 is 22.4 Å². The van der Waals surface area contributed by atoms with Crippen molar-refractivity contribution in [2.45, 2.75) is 27.2 Å². The number of methoxy groups -OCH3 is 1. The lowest BCUT2D eigenvalue weighted by Crippen LogP contribution is -2.12. The van der Waals surface area contributed by atoms with Crippen LogP contribution in [0.4, 0.5) is 5.13 Å². The fourth-order valence-electron chi connectivity index (χ4n) is 1.91. The lowest BCUT2D eigenvalue weighted by Gasteiger charge is -2.13. The molecule has 1 heterocycles. The molecule has 0 saturated heterocycles. The molecule has 0 aliphatic rings. The van der Waals surface area contributed by atoms with Gasteiger partial charge in [0, 0.05) is 16.6 Å². The Hall–Kier alpha value is -2.08. The van der Waals surface area contributed by atoms with Gasteiger partial charge in [-0.15, -0.1) is 11.3 Å². The molecule has 1 aromatic carbocycles. The lowest BCUT2D eigenvalue weighted by molar-refractivity contribution is 0.102. The Morgan fingerprint density at radius 1 is 1.35 bits per heavy atom. The van der Waals surface area contributed by atoms with Crippen LogP contribution >= 0.6 is 11.3 Å². The van der Waals surface area contributed by atoms with Gasteiger partial charge >= 0.3 is 0 Å². The van der Waals surface area contributed by atoms with E-state index in [4.69, 9.17) is 9.47 Å². The Morgan fingerprint density at radius 2 is 2.13 bits per heavy atom. The van der Waals surface area contributed by atoms with E-state index in [-0.39, 0.29) is 5.91 Å². The molecule has 0 fully saturated rings. The second-order valence-corrected chi connectivity index (χ2v) is 6.86. The highest BCUT2D eigenvalue weighted by Crippen LogP contribution is 2.29. The van der Waals surface area contributed by atoms with E-state index >= 15 is 0 Å². The third-order valence-corrected chi connectivity index (χ3v) is 4.05. The van der Waals surface area contributed by atoms with Gasteiger partial charge in [-0.3, -0.25) is 10.1 Å². The summed E-state index contributed by atoms with van der Waals surface area (Å²) in [6.45, 7) is 6.86. The molecule has 1 amide bonds. The van der Waals surface area contributed by atoms with Crippen LogP contribution in [0.3, 0.4) is 0 Å². The predicted octanol–water partition coefficient (Wildman–Crippen LogP) is 4.14. The van der Waals surface area contributed by atoms with E-state index in [9.17, 15) is 4.79 Å². The minimum Gasteiger partial charge on any atom is -0.493 e. The van der Waals surface area contributed by atoms with Crippen molar-refractivity contribution in [2.75, 3.05) is 19.0 Å². The molecule has 124 valence electrons. The van der Waals surface area contributed by atoms with E-state index in [2.05, 4.69) is 24.1 Å². The monoisotopic (exact) mass is 334 g/mol. The lowest BCUT2D eigenvalue weighted by atomic mass is 10.1. The normalized spacial score (nSPS) is 10.7. The molecule has 0 atom stereocenters. The summed E-state index contributed by atoms with van der Waals surface area (Å²) in [6.07, 6.45) is 2.70. The van der Waals surface area contributed by atoms with Crippen molar-refractivity contribution in [1.82, 2.24) is 4.98 Å². The molecule has 6 heteroatoms. The van der Waals surface area contributed by atoms with E-state index in [0.29, 0.717) is 34.7 Å². The van der Waals surface area contributed by atoms with Gasteiger partial charge < -0.3 is 9.47 Å². The van der Waals surface area contributed by atoms with Crippen molar-refractivity contribution in [3.05, 3.63) is 34.8 Å². The third kappa shape index (κ3) is 4.96. The Kier molecular flexibility index (Phi) is 5.98. The predicted molar refractivity (Wildman–Crippen MR) is 92.7 cm³/mol. The van der Waals surface area contributed by atoms with Crippen molar-refractivity contribution in [1.29, 1.82) is 0 Å². The molecule has 23 heavy (non-hydrogen) atoms. The molecule has 1 N–H and O–H groups in total. The zero-order valence-electron chi connectivity index (χ0n) is 13.9. The number of hydrogen-bond acceptors (Lipinski definition) is 5. The first-order valence-electron chi connectivity index (χ1n) is 7.54. The van der Waals surface area contributed by atoms with Crippen LogP contribution in [0.15, 0.2) is 24.4 Å². The molecular formula is C17H22N2O3S. The highest BCUT2D eigenvalue weighted by Gasteiger charge is 2.13. The number of benzene rings is 1. The highest BCUT2D eigenvalue weighted by atomic mass is 32.1. The molecule has 0 spiro atoms. The van der Waals surface area contributed by atoms with Crippen molar-refractivity contribution < 1.29 is 14.3 Å². The summed E-state index contributed by atoms with van der Waals surface area (Å²) in [5.74, 6) is 1.56. The van der Waals surface area contributed by atoms with Crippen LogP contribution in [0.1, 0.15) is 35.5 Å². The van der Waals surface area contributed by atoms with Gasteiger partial charge in [-0.2, -0.15) is 0 Å². The van der Waals surface area contributed by atoms with Crippen molar-refractivity contribution in [3.63, 3.8) is 0 Å². The van der Waals surface area contributed by atoms with Crippen LogP contribution in [-0.4, -0.2) is 24.6 Å². The second-order valence-electron chi connectivity index (χ2n) is 5.63. The van der Waals surface area contributed by atoms with Gasteiger partial charge in [0.25, 0.3) is 5.91 Å². The van der Waals surface area contributed by atoms with Gasteiger partial charge in [0.15, 0.2) is 16.6 Å². The van der Waals surface area contributed by atoms with Gasteiger partial charge in [-0.05, 0) is 37.5 Å². The summed E-state index contributed by atoms with van der Waals surface area (Å²) >= 11 is 1.44. The summed E-state index contributed by atoms with van der Waals surface area (Å²) < 4.78 is 11.1. The number of rotatable bonds is 7. The topological polar surface area (TPSA) is 60.5 Å². The Balaban J connectivity index is 2.06. The van der Waals surface area contributed by atoms with E-state index < -0.39 is 0 Å². The first-order chi connectivity index (χ1) is 11.0. The Bertz CT molecular complexity index is 668. The SMILES string of the molecule is COc1cc(C(=O)Nc2ncc(C)s2)ccc1OCCC(C)C. The van der Waals surface area contributed by atoms with Crippen LogP contribution in [-0.2, 0) is 0 Å². The smallest absolute Gasteiger partial charge is 0.257 e. The van der Waals surface area contributed by atoms with Gasteiger partial charge in [0.2, 0.25) is 0 Å². The molecule has 5 nitrogen and oxygen atoms in total. The minimum atomic E-state index is -0.216. The zero-order valence-corrected chi connectivity index (χ0v) is 14.7. The van der Waals surface area contributed by atoms with E-state index in [1.165, 1.54) is 11.3 Å². The summed E-state index contributed by atoms with van der Waals surface area (Å²) in [4.78, 5) is 17.4. The van der Waals surface area contributed by atoms with Crippen LogP contribution in [0.25, 0.3) is 0 Å². The zero-order chi connectivity index (χ0) is 16.8. The number of aryl methyl sites for hydroxylation is 1. The molecule has 0 radical (unpaired) electrons. The fraction of sp³-hybridized carbons (Fsp3) is 0.412. The van der Waals surface area contributed by atoms with E-state index in [0.717, 1.165) is 11.3 Å². The molecule has 0 saturated carbocycles. The number of nitrogens with zero attached hydrogens (tertiary/aromatic N) is 1. The van der Waals surface area contributed by atoms with Crippen molar-refractivity contribution in [3.8, 4) is 11.5 Å². The first kappa shape index (κ1) is 17.3. The number of hydrogen-bond donors (Lipinski definition) is 1. The van der Waals surface area contributed by atoms with Crippen molar-refractivity contribution in [2.24, 2.45) is 5.92 Å². The summed E-state index contributed by atoms with van der Waals surface area (Å²) in [5, 5.41) is 3.37. The molecule has 2 rings (SSSR count). The minimum absolute atomic E-state index is 0.216. The highest BCUT2D eigenvalue weighted by molar-refractivity contribution is 7.15. The summed E-state index contributed by atoms with van der Waals surface area (Å²) in [7, 11) is 1.57. The number of carbonyl (C=O) groups is 1. The van der Waals surface area contributed by atoms with Crippen LogP contribution in [0.5, 0.6) is 11.5 Å².